The Labute approximate surface area is 184 Å². The molecule has 0 saturated carbocycles. The van der Waals surface area contributed by atoms with Gasteiger partial charge in [-0.2, -0.15) is 0 Å². The van der Waals surface area contributed by atoms with E-state index in [0.717, 1.165) is 18.3 Å². The van der Waals surface area contributed by atoms with Crippen LogP contribution in [-0.4, -0.2) is 87.2 Å². The summed E-state index contributed by atoms with van der Waals surface area (Å²) in [6, 6.07) is 0.136. The van der Waals surface area contributed by atoms with E-state index in [1.165, 1.54) is 0 Å². The van der Waals surface area contributed by atoms with Gasteiger partial charge in [-0.3, -0.25) is 4.79 Å². The normalized spacial score (nSPS) is 23.8. The van der Waals surface area contributed by atoms with Crippen LogP contribution in [0.4, 0.5) is 5.95 Å². The lowest BCUT2D eigenvalue weighted by molar-refractivity contribution is -0.143. The van der Waals surface area contributed by atoms with Gasteiger partial charge in [-0.15, -0.1) is 0 Å². The SMILES string of the molecule is CC(C)N(c1ncc(B2OC(C)(C)C(C)(C)O2)cn1)[C@H]1CCCN(C(=O)C(O)CO)C1. The highest BCUT2D eigenvalue weighted by Crippen LogP contribution is 2.36. The van der Waals surface area contributed by atoms with Gasteiger partial charge in [-0.05, 0) is 54.4 Å². The Hall–Kier alpha value is -1.75. The summed E-state index contributed by atoms with van der Waals surface area (Å²) in [6.07, 6.45) is 3.80. The molecule has 2 aliphatic rings. The lowest BCUT2D eigenvalue weighted by atomic mass is 9.81. The van der Waals surface area contributed by atoms with Crippen molar-refractivity contribution in [2.24, 2.45) is 0 Å². The zero-order valence-electron chi connectivity index (χ0n) is 19.4. The first-order valence-corrected chi connectivity index (χ1v) is 11.0. The first-order chi connectivity index (χ1) is 14.5. The molecule has 2 saturated heterocycles. The van der Waals surface area contributed by atoms with E-state index in [0.29, 0.717) is 19.0 Å². The van der Waals surface area contributed by atoms with E-state index in [1.807, 2.05) is 27.7 Å². The molecular formula is C21H35BN4O5. The fraction of sp³-hybridized carbons (Fsp3) is 0.762. The second-order valence-electron chi connectivity index (χ2n) is 9.68. The van der Waals surface area contributed by atoms with E-state index in [9.17, 15) is 9.90 Å². The van der Waals surface area contributed by atoms with Crippen LogP contribution in [0.1, 0.15) is 54.4 Å². The van der Waals surface area contributed by atoms with Crippen LogP contribution < -0.4 is 10.4 Å². The third kappa shape index (κ3) is 4.87. The Morgan fingerprint density at radius 2 is 1.84 bits per heavy atom. The Morgan fingerprint density at radius 3 is 2.35 bits per heavy atom. The second kappa shape index (κ2) is 9.01. The first-order valence-electron chi connectivity index (χ1n) is 11.0. The molecule has 2 N–H and O–H groups in total. The standard InChI is InChI=1S/C21H35BN4O5/c1-14(2)26(16-8-7-9-25(12-16)18(29)17(28)13-27)19-23-10-15(11-24-19)22-30-20(3,4)21(5,6)31-22/h10-11,14,16-17,27-28H,7-9,12-13H2,1-6H3/t16-,17?/m0/s1. The van der Waals surface area contributed by atoms with Gasteiger partial charge in [-0.1, -0.05) is 0 Å². The molecule has 1 unspecified atom stereocenters. The predicted octanol–water partition coefficient (Wildman–Crippen LogP) is 0.335. The summed E-state index contributed by atoms with van der Waals surface area (Å²) >= 11 is 0. The fourth-order valence-electron chi connectivity index (χ4n) is 4.05. The number of nitrogens with zero attached hydrogens (tertiary/aromatic N) is 4. The minimum Gasteiger partial charge on any atom is -0.399 e. The minimum absolute atomic E-state index is 0.0197. The highest BCUT2D eigenvalue weighted by Gasteiger charge is 2.52. The summed E-state index contributed by atoms with van der Waals surface area (Å²) in [4.78, 5) is 25.3. The predicted molar refractivity (Wildman–Crippen MR) is 118 cm³/mol. The number of anilines is 1. The van der Waals surface area contributed by atoms with Gasteiger partial charge in [0.25, 0.3) is 5.91 Å². The molecule has 9 nitrogen and oxygen atoms in total. The topological polar surface area (TPSA) is 108 Å². The third-order valence-corrected chi connectivity index (χ3v) is 6.53. The van der Waals surface area contributed by atoms with Gasteiger partial charge in [0.2, 0.25) is 5.95 Å². The van der Waals surface area contributed by atoms with Crippen molar-refractivity contribution < 1.29 is 24.3 Å². The van der Waals surface area contributed by atoms with Crippen LogP contribution in [-0.2, 0) is 14.1 Å². The van der Waals surface area contributed by atoms with Crippen LogP contribution in [0.15, 0.2) is 12.4 Å². The average Bonchev–Trinajstić information content (AvgIpc) is 2.94. The number of hydrogen-bond donors (Lipinski definition) is 2. The van der Waals surface area contributed by atoms with Crippen LogP contribution in [0.25, 0.3) is 0 Å². The van der Waals surface area contributed by atoms with Gasteiger partial charge in [0, 0.05) is 43.0 Å². The van der Waals surface area contributed by atoms with E-state index >= 15 is 0 Å². The van der Waals surface area contributed by atoms with E-state index < -0.39 is 36.9 Å². The van der Waals surface area contributed by atoms with E-state index in [4.69, 9.17) is 14.4 Å². The van der Waals surface area contributed by atoms with E-state index in [2.05, 4.69) is 28.7 Å². The summed E-state index contributed by atoms with van der Waals surface area (Å²) in [7, 11) is -0.519. The average molecular weight is 434 g/mol. The molecule has 1 aromatic rings. The van der Waals surface area contributed by atoms with Crippen molar-refractivity contribution >= 4 is 24.4 Å². The third-order valence-electron chi connectivity index (χ3n) is 6.53. The molecule has 2 fully saturated rings. The molecule has 1 amide bonds. The molecule has 3 rings (SSSR count). The maximum absolute atomic E-state index is 12.3. The Bertz CT molecular complexity index is 758. The summed E-state index contributed by atoms with van der Waals surface area (Å²) in [5.41, 5.74) is -0.104. The van der Waals surface area contributed by atoms with Gasteiger partial charge in [0.05, 0.1) is 17.8 Å². The zero-order valence-corrected chi connectivity index (χ0v) is 19.4. The van der Waals surface area contributed by atoms with Gasteiger partial charge in [-0.25, -0.2) is 9.97 Å². The number of hydrogen-bond acceptors (Lipinski definition) is 8. The van der Waals surface area contributed by atoms with E-state index in [1.54, 1.807) is 17.3 Å². The molecule has 2 atom stereocenters. The number of aromatic nitrogens is 2. The summed E-state index contributed by atoms with van der Waals surface area (Å²) < 4.78 is 12.2. The lowest BCUT2D eigenvalue weighted by Crippen LogP contribution is -2.54. The molecule has 10 heteroatoms. The number of aliphatic hydroxyl groups is 2. The molecule has 0 spiro atoms. The minimum atomic E-state index is -1.37. The highest BCUT2D eigenvalue weighted by molar-refractivity contribution is 6.61. The first kappa shape index (κ1) is 23.9. The molecule has 2 aliphatic heterocycles. The monoisotopic (exact) mass is 434 g/mol. The number of carbonyl (C=O) groups excluding carboxylic acids is 1. The van der Waals surface area contributed by atoms with Gasteiger partial charge in [0.1, 0.15) is 0 Å². The smallest absolute Gasteiger partial charge is 0.399 e. The molecule has 172 valence electrons. The van der Waals surface area contributed by atoms with Crippen molar-refractivity contribution in [3.63, 3.8) is 0 Å². The summed E-state index contributed by atoms with van der Waals surface area (Å²) in [6.45, 7) is 12.6. The fourth-order valence-corrected chi connectivity index (χ4v) is 4.05. The molecule has 1 aromatic heterocycles. The zero-order chi connectivity index (χ0) is 23.0. The maximum Gasteiger partial charge on any atom is 0.498 e. The van der Waals surface area contributed by atoms with Gasteiger partial charge < -0.3 is 29.3 Å². The van der Waals surface area contributed by atoms with Crippen molar-refractivity contribution in [1.82, 2.24) is 14.9 Å². The molecular weight excluding hydrogens is 399 g/mol. The van der Waals surface area contributed by atoms with Crippen LogP contribution in [0.2, 0.25) is 0 Å². The van der Waals surface area contributed by atoms with Crippen LogP contribution in [0.5, 0.6) is 0 Å². The van der Waals surface area contributed by atoms with Crippen LogP contribution in [0, 0.1) is 0 Å². The Morgan fingerprint density at radius 1 is 1.26 bits per heavy atom. The van der Waals surface area contributed by atoms with Crippen molar-refractivity contribution in [3.05, 3.63) is 12.4 Å². The number of likely N-dealkylation sites (tertiary alicyclic amines) is 1. The number of rotatable bonds is 6. The second-order valence-corrected chi connectivity index (χ2v) is 9.68. The maximum atomic E-state index is 12.3. The van der Waals surface area contributed by atoms with Gasteiger partial charge in [0.15, 0.2) is 6.10 Å². The summed E-state index contributed by atoms with van der Waals surface area (Å²) in [5, 5.41) is 18.8. The molecule has 0 aromatic carbocycles. The number of aliphatic hydroxyl groups excluding tert-OH is 2. The van der Waals surface area contributed by atoms with Crippen molar-refractivity contribution in [2.45, 2.75) is 83.8 Å². The molecule has 0 aliphatic carbocycles. The lowest BCUT2D eigenvalue weighted by Gasteiger charge is -2.41. The number of carbonyl (C=O) groups is 1. The van der Waals surface area contributed by atoms with Crippen LogP contribution in [0.3, 0.4) is 0 Å². The van der Waals surface area contributed by atoms with E-state index in [-0.39, 0.29) is 12.1 Å². The quantitative estimate of drug-likeness (QED) is 0.617. The highest BCUT2D eigenvalue weighted by atomic mass is 16.7. The van der Waals surface area contributed by atoms with Crippen LogP contribution >= 0.6 is 0 Å². The van der Waals surface area contributed by atoms with Crippen molar-refractivity contribution in [3.8, 4) is 0 Å². The molecule has 0 radical (unpaired) electrons. The number of amides is 1. The van der Waals surface area contributed by atoms with Gasteiger partial charge >= 0.3 is 7.12 Å². The summed E-state index contributed by atoms with van der Waals surface area (Å²) in [5.74, 6) is 0.144. The molecule has 3 heterocycles. The van der Waals surface area contributed by atoms with Crippen molar-refractivity contribution in [1.29, 1.82) is 0 Å². The Kier molecular flexibility index (Phi) is 6.95. The largest absolute Gasteiger partial charge is 0.498 e. The van der Waals surface area contributed by atoms with Crippen molar-refractivity contribution in [2.75, 3.05) is 24.6 Å². The number of piperidine rings is 1. The molecule has 31 heavy (non-hydrogen) atoms. The molecule has 0 bridgehead atoms. The Balaban J connectivity index is 1.76.